The van der Waals surface area contributed by atoms with E-state index in [1.54, 1.807) is 49.6 Å². The molecular formula is C20H17IN2O5S. The van der Waals surface area contributed by atoms with Gasteiger partial charge in [0, 0.05) is 0 Å². The number of nitrogens with zero attached hydrogens (tertiary/aromatic N) is 1. The summed E-state index contributed by atoms with van der Waals surface area (Å²) in [6.45, 7) is -0.375. The minimum absolute atomic E-state index is 0.265. The van der Waals surface area contributed by atoms with Crippen LogP contribution in [0.2, 0.25) is 0 Å². The first-order valence-corrected chi connectivity index (χ1v) is 10.3. The third-order valence-electron chi connectivity index (χ3n) is 4.03. The first-order valence-electron chi connectivity index (χ1n) is 8.44. The normalized spacial score (nSPS) is 15.0. The van der Waals surface area contributed by atoms with Gasteiger partial charge in [-0.1, -0.05) is 18.2 Å². The summed E-state index contributed by atoms with van der Waals surface area (Å²) >= 11 is 2.94. The van der Waals surface area contributed by atoms with Gasteiger partial charge in [0.05, 0.1) is 28.4 Å². The Kier molecular flexibility index (Phi) is 6.80. The molecule has 3 rings (SSSR count). The summed E-state index contributed by atoms with van der Waals surface area (Å²) in [5, 5.41) is 2.17. The molecule has 0 unspecified atom stereocenters. The van der Waals surface area contributed by atoms with Gasteiger partial charge in [-0.3, -0.25) is 19.3 Å². The monoisotopic (exact) mass is 524 g/mol. The van der Waals surface area contributed by atoms with Crippen LogP contribution in [0, 0.1) is 3.57 Å². The molecular weight excluding hydrogens is 507 g/mol. The Bertz CT molecular complexity index is 1010. The highest BCUT2D eigenvalue weighted by Gasteiger charge is 2.36. The Morgan fingerprint density at radius 3 is 2.55 bits per heavy atom. The van der Waals surface area contributed by atoms with E-state index in [0.29, 0.717) is 11.4 Å². The van der Waals surface area contributed by atoms with Gasteiger partial charge in [-0.05, 0) is 70.3 Å². The number of hydrogen-bond acceptors (Lipinski definition) is 6. The predicted molar refractivity (Wildman–Crippen MR) is 120 cm³/mol. The zero-order valence-corrected chi connectivity index (χ0v) is 18.6. The van der Waals surface area contributed by atoms with E-state index in [1.807, 2.05) is 6.07 Å². The largest absolute Gasteiger partial charge is 0.496 e. The minimum Gasteiger partial charge on any atom is -0.496 e. The summed E-state index contributed by atoms with van der Waals surface area (Å²) in [4.78, 5) is 38.4. The number of ether oxygens (including phenoxy) is 2. The maximum absolute atomic E-state index is 12.6. The van der Waals surface area contributed by atoms with Crippen LogP contribution in [0.4, 0.5) is 10.5 Å². The molecule has 1 aliphatic heterocycles. The van der Waals surface area contributed by atoms with Gasteiger partial charge in [0.1, 0.15) is 18.0 Å². The van der Waals surface area contributed by atoms with Crippen molar-refractivity contribution < 1.29 is 23.9 Å². The lowest BCUT2D eigenvalue weighted by atomic mass is 10.2. The van der Waals surface area contributed by atoms with Gasteiger partial charge in [0.25, 0.3) is 11.1 Å². The molecule has 0 saturated carbocycles. The van der Waals surface area contributed by atoms with Gasteiger partial charge < -0.3 is 14.8 Å². The first kappa shape index (κ1) is 21.2. The smallest absolute Gasteiger partial charge is 0.294 e. The van der Waals surface area contributed by atoms with Crippen molar-refractivity contribution in [3.63, 3.8) is 0 Å². The Morgan fingerprint density at radius 2 is 1.86 bits per heavy atom. The fourth-order valence-corrected chi connectivity index (χ4v) is 4.24. The molecule has 0 bridgehead atoms. The number of amides is 3. The van der Waals surface area contributed by atoms with Crippen molar-refractivity contribution >= 4 is 63.2 Å². The lowest BCUT2D eigenvalue weighted by molar-refractivity contribution is -0.127. The molecule has 1 heterocycles. The van der Waals surface area contributed by atoms with Gasteiger partial charge in [0.2, 0.25) is 5.91 Å². The Hall–Kier alpha value is -2.53. The van der Waals surface area contributed by atoms with E-state index in [1.165, 1.54) is 7.11 Å². The number of thioether (sulfide) groups is 1. The maximum atomic E-state index is 12.6. The molecule has 1 fully saturated rings. The summed E-state index contributed by atoms with van der Waals surface area (Å²) in [7, 11) is 3.07. The standard InChI is InChI=1S/C20H17IN2O5S/c1-27-15-8-7-12(9-13(15)21)10-17-19(25)23(20(26)29-17)11-18(24)22-14-5-3-4-6-16(14)28-2/h3-10H,11H2,1-2H3,(H,22,24)/b17-10-. The fourth-order valence-electron chi connectivity index (χ4n) is 2.64. The van der Waals surface area contributed by atoms with Crippen LogP contribution in [0.1, 0.15) is 5.56 Å². The number of para-hydroxylation sites is 2. The third kappa shape index (κ3) is 4.91. The molecule has 3 amide bonds. The molecule has 0 spiro atoms. The quantitative estimate of drug-likeness (QED) is 0.455. The number of halogens is 1. The Labute approximate surface area is 185 Å². The second-order valence-electron chi connectivity index (χ2n) is 5.91. The molecule has 1 saturated heterocycles. The zero-order valence-electron chi connectivity index (χ0n) is 15.6. The molecule has 1 aliphatic rings. The Morgan fingerprint density at radius 1 is 1.14 bits per heavy atom. The first-order chi connectivity index (χ1) is 13.9. The van der Waals surface area contributed by atoms with Crippen LogP contribution >= 0.6 is 34.4 Å². The summed E-state index contributed by atoms with van der Waals surface area (Å²) in [5.41, 5.74) is 1.23. The van der Waals surface area contributed by atoms with Crippen LogP contribution in [-0.4, -0.2) is 42.7 Å². The second kappa shape index (κ2) is 9.31. The summed E-state index contributed by atoms with van der Waals surface area (Å²) in [5.74, 6) is 0.228. The van der Waals surface area contributed by atoms with E-state index >= 15 is 0 Å². The van der Waals surface area contributed by atoms with E-state index in [-0.39, 0.29) is 11.4 Å². The molecule has 29 heavy (non-hydrogen) atoms. The van der Waals surface area contributed by atoms with Crippen molar-refractivity contribution in [1.82, 2.24) is 4.90 Å². The average molecular weight is 524 g/mol. The minimum atomic E-state index is -0.499. The van der Waals surface area contributed by atoms with Crippen molar-refractivity contribution in [3.8, 4) is 11.5 Å². The van der Waals surface area contributed by atoms with Gasteiger partial charge in [-0.15, -0.1) is 0 Å². The third-order valence-corrected chi connectivity index (χ3v) is 5.78. The molecule has 0 aromatic heterocycles. The molecule has 2 aromatic carbocycles. The number of benzene rings is 2. The van der Waals surface area contributed by atoms with Crippen molar-refractivity contribution in [3.05, 3.63) is 56.5 Å². The van der Waals surface area contributed by atoms with Crippen molar-refractivity contribution in [2.45, 2.75) is 0 Å². The van der Waals surface area contributed by atoms with E-state index < -0.39 is 17.1 Å². The highest BCUT2D eigenvalue weighted by atomic mass is 127. The number of carbonyl (C=O) groups is 3. The highest BCUT2D eigenvalue weighted by molar-refractivity contribution is 14.1. The molecule has 1 N–H and O–H groups in total. The number of imide groups is 1. The summed E-state index contributed by atoms with van der Waals surface area (Å²) < 4.78 is 11.3. The second-order valence-corrected chi connectivity index (χ2v) is 8.07. The lowest BCUT2D eigenvalue weighted by Gasteiger charge is -2.14. The van der Waals surface area contributed by atoms with Crippen molar-refractivity contribution in [1.29, 1.82) is 0 Å². The number of carbonyl (C=O) groups excluding carboxylic acids is 3. The number of anilines is 1. The van der Waals surface area contributed by atoms with Gasteiger partial charge in [0.15, 0.2) is 0 Å². The number of methoxy groups -OCH3 is 2. The number of rotatable bonds is 6. The predicted octanol–water partition coefficient (Wildman–Crippen LogP) is 3.98. The molecule has 0 atom stereocenters. The average Bonchev–Trinajstić information content (AvgIpc) is 2.96. The molecule has 0 radical (unpaired) electrons. The maximum Gasteiger partial charge on any atom is 0.294 e. The fraction of sp³-hybridized carbons (Fsp3) is 0.150. The van der Waals surface area contributed by atoms with E-state index in [2.05, 4.69) is 27.9 Å². The van der Waals surface area contributed by atoms with E-state index in [0.717, 1.165) is 31.5 Å². The topological polar surface area (TPSA) is 84.9 Å². The van der Waals surface area contributed by atoms with Crippen LogP contribution in [0.5, 0.6) is 11.5 Å². The SMILES string of the molecule is COc1ccc(/C=C2\SC(=O)N(CC(=O)Nc3ccccc3OC)C2=O)cc1I. The lowest BCUT2D eigenvalue weighted by Crippen LogP contribution is -2.36. The molecule has 0 aliphatic carbocycles. The van der Waals surface area contributed by atoms with Crippen molar-refractivity contribution in [2.24, 2.45) is 0 Å². The zero-order chi connectivity index (χ0) is 21.0. The van der Waals surface area contributed by atoms with Crippen LogP contribution < -0.4 is 14.8 Å². The van der Waals surface area contributed by atoms with Gasteiger partial charge in [-0.25, -0.2) is 0 Å². The number of hydrogen-bond donors (Lipinski definition) is 1. The van der Waals surface area contributed by atoms with Crippen molar-refractivity contribution in [2.75, 3.05) is 26.1 Å². The number of nitrogens with one attached hydrogen (secondary N) is 1. The Balaban J connectivity index is 1.72. The van der Waals surface area contributed by atoms with E-state index in [4.69, 9.17) is 9.47 Å². The van der Waals surface area contributed by atoms with Gasteiger partial charge >= 0.3 is 0 Å². The molecule has 150 valence electrons. The van der Waals surface area contributed by atoms with E-state index in [9.17, 15) is 14.4 Å². The van der Waals surface area contributed by atoms with Crippen LogP contribution in [-0.2, 0) is 9.59 Å². The highest BCUT2D eigenvalue weighted by Crippen LogP contribution is 2.33. The van der Waals surface area contributed by atoms with Crippen LogP contribution in [0.25, 0.3) is 6.08 Å². The molecule has 7 nitrogen and oxygen atoms in total. The van der Waals surface area contributed by atoms with Gasteiger partial charge in [-0.2, -0.15) is 0 Å². The van der Waals surface area contributed by atoms with Crippen LogP contribution in [0.15, 0.2) is 47.4 Å². The molecule has 2 aromatic rings. The molecule has 9 heteroatoms. The van der Waals surface area contributed by atoms with Crippen LogP contribution in [0.3, 0.4) is 0 Å². The summed E-state index contributed by atoms with van der Waals surface area (Å²) in [6, 6.07) is 12.3. The summed E-state index contributed by atoms with van der Waals surface area (Å²) in [6.07, 6.45) is 1.63.